The van der Waals surface area contributed by atoms with Crippen LogP contribution in [0.2, 0.25) is 0 Å². The van der Waals surface area contributed by atoms with Crippen molar-refractivity contribution >= 4 is 0 Å². The molecule has 0 saturated heterocycles. The van der Waals surface area contributed by atoms with Crippen LogP contribution in [0.5, 0.6) is 0 Å². The number of aliphatic hydroxyl groups is 1. The maximum Gasteiger partial charge on any atom is 0.0784 e. The first-order chi connectivity index (χ1) is 6.10. The van der Waals surface area contributed by atoms with Gasteiger partial charge in [-0.1, -0.05) is 6.92 Å². The lowest BCUT2D eigenvalue weighted by atomic mass is 10.3. The molecule has 0 aromatic heterocycles. The molecule has 0 amide bonds. The van der Waals surface area contributed by atoms with Gasteiger partial charge in [0.05, 0.1) is 31.5 Å². The molecule has 80 valence electrons. The van der Waals surface area contributed by atoms with Gasteiger partial charge in [0.15, 0.2) is 0 Å². The van der Waals surface area contributed by atoms with Crippen molar-refractivity contribution in [3.8, 4) is 0 Å². The lowest BCUT2D eigenvalue weighted by Crippen LogP contribution is -2.25. The zero-order chi connectivity index (χ0) is 10.3. The fourth-order valence-corrected chi connectivity index (χ4v) is 0.885. The van der Waals surface area contributed by atoms with Crippen molar-refractivity contribution in [2.45, 2.75) is 52.4 Å². The van der Waals surface area contributed by atoms with Gasteiger partial charge >= 0.3 is 0 Å². The number of rotatable bonds is 7. The smallest absolute Gasteiger partial charge is 0.0784 e. The van der Waals surface area contributed by atoms with Crippen molar-refractivity contribution in [3.05, 3.63) is 0 Å². The third-order valence-electron chi connectivity index (χ3n) is 1.91. The fraction of sp³-hybridized carbons (Fsp3) is 1.00. The Labute approximate surface area is 81.0 Å². The van der Waals surface area contributed by atoms with Crippen LogP contribution in [0.1, 0.15) is 34.1 Å². The first-order valence-corrected chi connectivity index (χ1v) is 4.98. The molecule has 3 nitrogen and oxygen atoms in total. The summed E-state index contributed by atoms with van der Waals surface area (Å²) in [4.78, 5) is 0. The molecule has 0 saturated carbocycles. The van der Waals surface area contributed by atoms with Gasteiger partial charge in [0.1, 0.15) is 0 Å². The number of ether oxygens (including phenoxy) is 2. The minimum absolute atomic E-state index is 0.0655. The second-order valence-corrected chi connectivity index (χ2v) is 3.49. The molecule has 0 bridgehead atoms. The van der Waals surface area contributed by atoms with Crippen molar-refractivity contribution < 1.29 is 14.6 Å². The Hall–Kier alpha value is -0.120. The third kappa shape index (κ3) is 6.99. The van der Waals surface area contributed by atoms with E-state index in [2.05, 4.69) is 6.92 Å². The van der Waals surface area contributed by atoms with Gasteiger partial charge < -0.3 is 14.6 Å². The molecule has 3 heteroatoms. The molecule has 0 heterocycles. The maximum atomic E-state index is 8.71. The molecule has 3 atom stereocenters. The van der Waals surface area contributed by atoms with Gasteiger partial charge in [-0.15, -0.1) is 0 Å². The molecule has 0 aromatic rings. The fourth-order valence-electron chi connectivity index (χ4n) is 0.885. The highest BCUT2D eigenvalue weighted by molar-refractivity contribution is 4.54. The van der Waals surface area contributed by atoms with Crippen LogP contribution in [-0.4, -0.2) is 36.6 Å². The zero-order valence-corrected chi connectivity index (χ0v) is 9.12. The van der Waals surface area contributed by atoms with Crippen molar-refractivity contribution in [1.82, 2.24) is 0 Å². The number of aliphatic hydroxyl groups excluding tert-OH is 1. The van der Waals surface area contributed by atoms with Crippen LogP contribution in [0.15, 0.2) is 0 Å². The van der Waals surface area contributed by atoms with E-state index in [1.807, 2.05) is 20.8 Å². The third-order valence-corrected chi connectivity index (χ3v) is 1.91. The highest BCUT2D eigenvalue weighted by Crippen LogP contribution is 2.03. The molecule has 13 heavy (non-hydrogen) atoms. The summed E-state index contributed by atoms with van der Waals surface area (Å²) in [6.07, 6.45) is 1.30. The van der Waals surface area contributed by atoms with Crippen LogP contribution in [0.3, 0.4) is 0 Å². The van der Waals surface area contributed by atoms with Gasteiger partial charge in [0.25, 0.3) is 0 Å². The van der Waals surface area contributed by atoms with Crippen molar-refractivity contribution in [1.29, 1.82) is 0 Å². The quantitative estimate of drug-likeness (QED) is 0.662. The van der Waals surface area contributed by atoms with E-state index in [9.17, 15) is 0 Å². The predicted octanol–water partition coefficient (Wildman–Crippen LogP) is 1.59. The summed E-state index contributed by atoms with van der Waals surface area (Å²) in [6.45, 7) is 8.58. The molecule has 0 fully saturated rings. The molecule has 0 aliphatic heterocycles. The summed E-state index contributed by atoms with van der Waals surface area (Å²) >= 11 is 0. The van der Waals surface area contributed by atoms with Crippen LogP contribution < -0.4 is 0 Å². The van der Waals surface area contributed by atoms with E-state index in [4.69, 9.17) is 14.6 Å². The molecular formula is C10H22O3. The molecule has 0 aliphatic carbocycles. The Kier molecular flexibility index (Phi) is 7.23. The van der Waals surface area contributed by atoms with Gasteiger partial charge in [-0.2, -0.15) is 0 Å². The van der Waals surface area contributed by atoms with E-state index >= 15 is 0 Å². The summed E-state index contributed by atoms with van der Waals surface area (Å²) in [6, 6.07) is 0. The topological polar surface area (TPSA) is 38.7 Å². The molecule has 1 N–H and O–H groups in total. The van der Waals surface area contributed by atoms with Gasteiger partial charge in [0.2, 0.25) is 0 Å². The van der Waals surface area contributed by atoms with Crippen LogP contribution in [0.4, 0.5) is 0 Å². The Bertz CT molecular complexity index is 117. The predicted molar refractivity (Wildman–Crippen MR) is 52.8 cm³/mol. The largest absolute Gasteiger partial charge is 0.394 e. The highest BCUT2D eigenvalue weighted by Gasteiger charge is 2.08. The highest BCUT2D eigenvalue weighted by atomic mass is 16.5. The van der Waals surface area contributed by atoms with Crippen molar-refractivity contribution in [2.75, 3.05) is 13.2 Å². The van der Waals surface area contributed by atoms with Gasteiger partial charge in [-0.05, 0) is 27.2 Å². The van der Waals surface area contributed by atoms with E-state index in [0.29, 0.717) is 6.61 Å². The molecule has 0 rings (SSSR count). The SMILES string of the molecule is CCC(C)OC(C)COC(C)CO. The van der Waals surface area contributed by atoms with Crippen LogP contribution in [0.25, 0.3) is 0 Å². The van der Waals surface area contributed by atoms with E-state index in [0.717, 1.165) is 6.42 Å². The average molecular weight is 190 g/mol. The molecule has 0 spiro atoms. The first-order valence-electron chi connectivity index (χ1n) is 4.98. The summed E-state index contributed by atoms with van der Waals surface area (Å²) in [5.41, 5.74) is 0. The maximum absolute atomic E-state index is 8.71. The minimum Gasteiger partial charge on any atom is -0.394 e. The van der Waals surface area contributed by atoms with E-state index in [-0.39, 0.29) is 24.9 Å². The van der Waals surface area contributed by atoms with E-state index in [1.54, 1.807) is 0 Å². The Morgan fingerprint density at radius 1 is 1.08 bits per heavy atom. The van der Waals surface area contributed by atoms with E-state index in [1.165, 1.54) is 0 Å². The average Bonchev–Trinajstić information content (AvgIpc) is 2.13. The molecular weight excluding hydrogens is 168 g/mol. The monoisotopic (exact) mass is 190 g/mol. The summed E-state index contributed by atoms with van der Waals surface area (Å²) in [7, 11) is 0. The van der Waals surface area contributed by atoms with Crippen LogP contribution in [0, 0.1) is 0 Å². The second-order valence-electron chi connectivity index (χ2n) is 3.49. The van der Waals surface area contributed by atoms with Crippen molar-refractivity contribution in [3.63, 3.8) is 0 Å². The molecule has 0 aliphatic rings. The normalized spacial score (nSPS) is 18.2. The number of hydrogen-bond donors (Lipinski definition) is 1. The number of hydrogen-bond acceptors (Lipinski definition) is 3. The molecule has 0 radical (unpaired) electrons. The first kappa shape index (κ1) is 12.9. The lowest BCUT2D eigenvalue weighted by Gasteiger charge is -2.19. The lowest BCUT2D eigenvalue weighted by molar-refractivity contribution is -0.0681. The summed E-state index contributed by atoms with van der Waals surface area (Å²) in [5.74, 6) is 0. The second kappa shape index (κ2) is 7.30. The van der Waals surface area contributed by atoms with Crippen molar-refractivity contribution in [2.24, 2.45) is 0 Å². The Morgan fingerprint density at radius 3 is 2.15 bits per heavy atom. The van der Waals surface area contributed by atoms with Crippen LogP contribution >= 0.6 is 0 Å². The van der Waals surface area contributed by atoms with Gasteiger partial charge in [0, 0.05) is 0 Å². The molecule has 0 aromatic carbocycles. The standard InChI is InChI=1S/C10H22O3/c1-5-8(2)13-10(4)7-12-9(3)6-11/h8-11H,5-7H2,1-4H3. The summed E-state index contributed by atoms with van der Waals surface area (Å²) < 4.78 is 10.9. The Morgan fingerprint density at radius 2 is 1.69 bits per heavy atom. The minimum atomic E-state index is -0.0945. The van der Waals surface area contributed by atoms with E-state index < -0.39 is 0 Å². The van der Waals surface area contributed by atoms with Gasteiger partial charge in [-0.3, -0.25) is 0 Å². The summed E-state index contributed by atoms with van der Waals surface area (Å²) in [5, 5.41) is 8.71. The van der Waals surface area contributed by atoms with Crippen LogP contribution in [-0.2, 0) is 9.47 Å². The Balaban J connectivity index is 3.45. The zero-order valence-electron chi connectivity index (χ0n) is 9.12. The molecule has 3 unspecified atom stereocenters. The van der Waals surface area contributed by atoms with Gasteiger partial charge in [-0.25, -0.2) is 0 Å².